The van der Waals surface area contributed by atoms with Crippen molar-refractivity contribution in [3.05, 3.63) is 65.9 Å². The highest BCUT2D eigenvalue weighted by Gasteiger charge is 2.13. The summed E-state index contributed by atoms with van der Waals surface area (Å²) in [7, 11) is -3.66. The highest BCUT2D eigenvalue weighted by molar-refractivity contribution is 7.89. The number of phenolic OH excluding ortho intramolecular Hbond substituents is 1. The number of anilines is 3. The van der Waals surface area contributed by atoms with Gasteiger partial charge < -0.3 is 16.2 Å². The standard InChI is InChI=1S/C19H18N6O3S/c20-11-14-12-22-19(25-18(14)21)24-15-3-7-17(8-4-15)29(27,28)23-10-9-13-1-5-16(26)6-2-13/h1-8,12,23,26H,9-10H2,(H3,21,22,24,25). The molecule has 9 nitrogen and oxygen atoms in total. The van der Waals surface area contributed by atoms with E-state index in [9.17, 15) is 13.5 Å². The molecule has 0 aliphatic rings. The maximum absolute atomic E-state index is 12.4. The summed E-state index contributed by atoms with van der Waals surface area (Å²) >= 11 is 0. The lowest BCUT2D eigenvalue weighted by atomic mass is 10.1. The van der Waals surface area contributed by atoms with Gasteiger partial charge in [-0.05, 0) is 48.4 Å². The number of nitriles is 1. The summed E-state index contributed by atoms with van der Waals surface area (Å²) in [5.74, 6) is 0.420. The summed E-state index contributed by atoms with van der Waals surface area (Å²) in [4.78, 5) is 8.07. The summed E-state index contributed by atoms with van der Waals surface area (Å²) in [5, 5.41) is 21.0. The minimum atomic E-state index is -3.66. The van der Waals surface area contributed by atoms with Crippen LogP contribution in [0.15, 0.2) is 59.6 Å². The van der Waals surface area contributed by atoms with Gasteiger partial charge in [0.25, 0.3) is 0 Å². The Hall–Kier alpha value is -3.68. The third-order valence-corrected chi connectivity index (χ3v) is 5.48. The Labute approximate surface area is 167 Å². The van der Waals surface area contributed by atoms with Crippen LogP contribution in [0.25, 0.3) is 0 Å². The largest absolute Gasteiger partial charge is 0.508 e. The van der Waals surface area contributed by atoms with Gasteiger partial charge in [0.1, 0.15) is 23.2 Å². The average molecular weight is 410 g/mol. The number of nitrogens with zero attached hydrogens (tertiary/aromatic N) is 3. The molecule has 2 aromatic carbocycles. The molecule has 0 atom stereocenters. The lowest BCUT2D eigenvalue weighted by molar-refractivity contribution is 0.475. The molecule has 29 heavy (non-hydrogen) atoms. The molecule has 10 heteroatoms. The third-order valence-electron chi connectivity index (χ3n) is 4.00. The van der Waals surface area contributed by atoms with Crippen molar-refractivity contribution in [2.45, 2.75) is 11.3 Å². The van der Waals surface area contributed by atoms with Crippen LogP contribution in [0.3, 0.4) is 0 Å². The van der Waals surface area contributed by atoms with Gasteiger partial charge in [-0.25, -0.2) is 18.1 Å². The Balaban J connectivity index is 1.61. The minimum absolute atomic E-state index is 0.0574. The molecule has 0 unspecified atom stereocenters. The molecule has 0 aliphatic heterocycles. The molecule has 5 N–H and O–H groups in total. The Kier molecular flexibility index (Phi) is 5.92. The number of sulfonamides is 1. The number of benzene rings is 2. The van der Waals surface area contributed by atoms with Crippen molar-refractivity contribution in [2.75, 3.05) is 17.6 Å². The second kappa shape index (κ2) is 8.55. The summed E-state index contributed by atoms with van der Waals surface area (Å²) in [6.07, 6.45) is 1.80. The molecule has 1 heterocycles. The van der Waals surface area contributed by atoms with E-state index in [2.05, 4.69) is 20.0 Å². The first-order chi connectivity index (χ1) is 13.9. The number of rotatable bonds is 7. The van der Waals surface area contributed by atoms with E-state index >= 15 is 0 Å². The van der Waals surface area contributed by atoms with E-state index in [1.807, 2.05) is 6.07 Å². The van der Waals surface area contributed by atoms with Crippen molar-refractivity contribution in [2.24, 2.45) is 0 Å². The number of nitrogens with one attached hydrogen (secondary N) is 2. The minimum Gasteiger partial charge on any atom is -0.508 e. The van der Waals surface area contributed by atoms with Crippen LogP contribution in [0.4, 0.5) is 17.5 Å². The average Bonchev–Trinajstić information content (AvgIpc) is 2.70. The van der Waals surface area contributed by atoms with Crippen LogP contribution >= 0.6 is 0 Å². The van der Waals surface area contributed by atoms with E-state index in [1.165, 1.54) is 18.3 Å². The molecule has 3 rings (SSSR count). The molecule has 0 saturated carbocycles. The van der Waals surface area contributed by atoms with Crippen LogP contribution in [0, 0.1) is 11.3 Å². The van der Waals surface area contributed by atoms with Crippen molar-refractivity contribution in [1.29, 1.82) is 5.26 Å². The smallest absolute Gasteiger partial charge is 0.240 e. The fraction of sp³-hybridized carbons (Fsp3) is 0.105. The monoisotopic (exact) mass is 410 g/mol. The van der Waals surface area contributed by atoms with Crippen LogP contribution in [-0.4, -0.2) is 30.0 Å². The number of aromatic hydroxyl groups is 1. The maximum Gasteiger partial charge on any atom is 0.240 e. The van der Waals surface area contributed by atoms with Crippen molar-refractivity contribution in [3.8, 4) is 11.8 Å². The first-order valence-corrected chi connectivity index (χ1v) is 10.0. The lowest BCUT2D eigenvalue weighted by Gasteiger charge is -2.09. The van der Waals surface area contributed by atoms with E-state index in [0.29, 0.717) is 12.1 Å². The molecule has 148 valence electrons. The van der Waals surface area contributed by atoms with E-state index < -0.39 is 10.0 Å². The van der Waals surface area contributed by atoms with Gasteiger partial charge in [-0.2, -0.15) is 10.2 Å². The topological polar surface area (TPSA) is 154 Å². The summed E-state index contributed by atoms with van der Waals surface area (Å²) in [5.41, 5.74) is 7.30. The molecule has 0 aliphatic carbocycles. The van der Waals surface area contributed by atoms with Gasteiger partial charge in [-0.1, -0.05) is 12.1 Å². The van der Waals surface area contributed by atoms with Crippen LogP contribution in [-0.2, 0) is 16.4 Å². The number of hydrogen-bond donors (Lipinski definition) is 4. The Morgan fingerprint density at radius 3 is 2.41 bits per heavy atom. The van der Waals surface area contributed by atoms with Crippen LogP contribution in [0.2, 0.25) is 0 Å². The van der Waals surface area contributed by atoms with Crippen molar-refractivity contribution >= 4 is 27.5 Å². The fourth-order valence-corrected chi connectivity index (χ4v) is 3.50. The predicted octanol–water partition coefficient (Wildman–Crippen LogP) is 1.90. The van der Waals surface area contributed by atoms with Crippen LogP contribution < -0.4 is 15.8 Å². The maximum atomic E-state index is 12.4. The van der Waals surface area contributed by atoms with Gasteiger partial charge >= 0.3 is 0 Å². The first kappa shape index (κ1) is 20.1. The predicted molar refractivity (Wildman–Crippen MR) is 108 cm³/mol. The molecule has 1 aromatic heterocycles. The molecule has 0 spiro atoms. The molecular formula is C19H18N6O3S. The van der Waals surface area contributed by atoms with E-state index in [0.717, 1.165) is 5.56 Å². The zero-order valence-electron chi connectivity index (χ0n) is 15.2. The molecule has 0 saturated heterocycles. The molecule has 0 amide bonds. The van der Waals surface area contributed by atoms with Crippen molar-refractivity contribution in [1.82, 2.24) is 14.7 Å². The highest BCUT2D eigenvalue weighted by Crippen LogP contribution is 2.18. The number of phenols is 1. The third kappa shape index (κ3) is 5.19. The van der Waals surface area contributed by atoms with E-state index in [-0.39, 0.29) is 34.5 Å². The number of nitrogens with two attached hydrogens (primary N) is 1. The number of hydrogen-bond acceptors (Lipinski definition) is 8. The molecule has 0 radical (unpaired) electrons. The first-order valence-electron chi connectivity index (χ1n) is 8.55. The quantitative estimate of drug-likeness (QED) is 0.460. The van der Waals surface area contributed by atoms with E-state index in [4.69, 9.17) is 11.0 Å². The van der Waals surface area contributed by atoms with Gasteiger partial charge in [-0.15, -0.1) is 0 Å². The summed E-state index contributed by atoms with van der Waals surface area (Å²) in [6, 6.07) is 14.5. The van der Waals surface area contributed by atoms with E-state index in [1.54, 1.807) is 36.4 Å². The molecule has 0 bridgehead atoms. The second-order valence-electron chi connectivity index (χ2n) is 6.07. The van der Waals surface area contributed by atoms with Crippen LogP contribution in [0.1, 0.15) is 11.1 Å². The van der Waals surface area contributed by atoms with Gasteiger partial charge in [0.2, 0.25) is 16.0 Å². The Morgan fingerprint density at radius 2 is 1.79 bits per heavy atom. The zero-order valence-corrected chi connectivity index (χ0v) is 16.0. The fourth-order valence-electron chi connectivity index (χ4n) is 2.46. The molecular weight excluding hydrogens is 392 g/mol. The molecule has 3 aromatic rings. The lowest BCUT2D eigenvalue weighted by Crippen LogP contribution is -2.25. The summed E-state index contributed by atoms with van der Waals surface area (Å²) < 4.78 is 27.4. The normalized spacial score (nSPS) is 11.0. The van der Waals surface area contributed by atoms with Gasteiger partial charge in [0.15, 0.2) is 0 Å². The van der Waals surface area contributed by atoms with Gasteiger partial charge in [-0.3, -0.25) is 0 Å². The van der Waals surface area contributed by atoms with Crippen LogP contribution in [0.5, 0.6) is 5.75 Å². The Bertz CT molecular complexity index is 1140. The molecule has 0 fully saturated rings. The zero-order chi connectivity index (χ0) is 20.9. The highest BCUT2D eigenvalue weighted by atomic mass is 32.2. The van der Waals surface area contributed by atoms with Crippen molar-refractivity contribution in [3.63, 3.8) is 0 Å². The Morgan fingerprint density at radius 1 is 1.10 bits per heavy atom. The number of nitrogen functional groups attached to an aromatic ring is 1. The second-order valence-corrected chi connectivity index (χ2v) is 7.83. The van der Waals surface area contributed by atoms with Gasteiger partial charge in [0.05, 0.1) is 11.1 Å². The summed E-state index contributed by atoms with van der Waals surface area (Å²) in [6.45, 7) is 0.228. The van der Waals surface area contributed by atoms with Crippen molar-refractivity contribution < 1.29 is 13.5 Å². The van der Waals surface area contributed by atoms with Gasteiger partial charge in [0, 0.05) is 12.2 Å². The SMILES string of the molecule is N#Cc1cnc(Nc2ccc(S(=O)(=O)NCCc3ccc(O)cc3)cc2)nc1N. The number of aromatic nitrogens is 2.